The highest BCUT2D eigenvalue weighted by atomic mass is 16.5. The molecule has 0 bridgehead atoms. The lowest BCUT2D eigenvalue weighted by molar-refractivity contribution is 0.407. The fraction of sp³-hybridized carbons (Fsp3) is 0.250. The molecule has 0 aliphatic carbocycles. The van der Waals surface area contributed by atoms with Gasteiger partial charge in [0.15, 0.2) is 0 Å². The largest absolute Gasteiger partial charge is 0.496 e. The Bertz CT molecular complexity index is 1060. The van der Waals surface area contributed by atoms with Crippen LogP contribution in [0.25, 0.3) is 16.8 Å². The van der Waals surface area contributed by atoms with Crippen molar-refractivity contribution < 1.29 is 4.74 Å². The summed E-state index contributed by atoms with van der Waals surface area (Å²) in [7, 11) is 3.48. The van der Waals surface area contributed by atoms with Crippen molar-refractivity contribution in [2.75, 3.05) is 26.0 Å². The number of aryl methyl sites for hydroxylation is 1. The zero-order chi connectivity index (χ0) is 22.2. The van der Waals surface area contributed by atoms with Crippen molar-refractivity contribution in [3.63, 3.8) is 0 Å². The Balaban J connectivity index is 1.74. The number of aromatic nitrogens is 3. The highest BCUT2D eigenvalue weighted by Gasteiger charge is 2.14. The molecule has 0 aliphatic heterocycles. The van der Waals surface area contributed by atoms with Crippen LogP contribution in [0, 0.1) is 12.3 Å². The molecule has 0 saturated carbocycles. The number of ether oxygens (including phenoxy) is 1. The highest BCUT2D eigenvalue weighted by molar-refractivity contribution is 6.08. The van der Waals surface area contributed by atoms with E-state index in [0.717, 1.165) is 45.2 Å². The van der Waals surface area contributed by atoms with E-state index in [1.165, 1.54) is 6.21 Å². The lowest BCUT2D eigenvalue weighted by atomic mass is 9.96. The molecule has 7 nitrogen and oxygen atoms in total. The summed E-state index contributed by atoms with van der Waals surface area (Å²) >= 11 is 0. The second-order valence-electron chi connectivity index (χ2n) is 7.25. The third-order valence-electron chi connectivity index (χ3n) is 5.02. The van der Waals surface area contributed by atoms with Crippen LogP contribution in [0.2, 0.25) is 0 Å². The van der Waals surface area contributed by atoms with E-state index in [4.69, 9.17) is 10.1 Å². The van der Waals surface area contributed by atoms with Crippen LogP contribution in [0.1, 0.15) is 29.7 Å². The molecule has 31 heavy (non-hydrogen) atoms. The van der Waals surface area contributed by atoms with Gasteiger partial charge in [0.25, 0.3) is 0 Å². The molecule has 1 aromatic carbocycles. The summed E-state index contributed by atoms with van der Waals surface area (Å²) in [5, 5.41) is 14.0. The molecule has 1 atom stereocenters. The van der Waals surface area contributed by atoms with Crippen molar-refractivity contribution in [2.24, 2.45) is 0 Å². The van der Waals surface area contributed by atoms with Gasteiger partial charge in [0.2, 0.25) is 0 Å². The zero-order valence-corrected chi connectivity index (χ0v) is 18.3. The number of methoxy groups -OCH3 is 1. The fourth-order valence-corrected chi connectivity index (χ4v) is 3.26. The zero-order valence-electron chi connectivity index (χ0n) is 18.3. The average Bonchev–Trinajstić information content (AvgIpc) is 2.81. The van der Waals surface area contributed by atoms with E-state index in [-0.39, 0.29) is 5.92 Å². The lowest BCUT2D eigenvalue weighted by Gasteiger charge is -2.18. The van der Waals surface area contributed by atoms with Crippen molar-refractivity contribution in [3.05, 3.63) is 71.9 Å². The topological polar surface area (TPSA) is 95.8 Å². The third kappa shape index (κ3) is 5.45. The van der Waals surface area contributed by atoms with E-state index in [1.54, 1.807) is 19.6 Å². The summed E-state index contributed by atoms with van der Waals surface area (Å²) in [6.45, 7) is 4.78. The van der Waals surface area contributed by atoms with Gasteiger partial charge >= 0.3 is 0 Å². The second kappa shape index (κ2) is 10.3. The predicted octanol–water partition coefficient (Wildman–Crippen LogP) is 4.28. The van der Waals surface area contributed by atoms with Crippen LogP contribution < -0.4 is 15.4 Å². The Hall–Kier alpha value is -3.74. The summed E-state index contributed by atoms with van der Waals surface area (Å²) < 4.78 is 5.64. The maximum atomic E-state index is 7.62. The number of hydrogen-bond acceptors (Lipinski definition) is 7. The number of nitrogens with one attached hydrogen (secondary N) is 3. The van der Waals surface area contributed by atoms with Crippen molar-refractivity contribution in [1.82, 2.24) is 20.3 Å². The molecule has 0 amide bonds. The number of benzene rings is 1. The van der Waals surface area contributed by atoms with Crippen LogP contribution in [-0.4, -0.2) is 41.9 Å². The Morgan fingerprint density at radius 1 is 1.16 bits per heavy atom. The highest BCUT2D eigenvalue weighted by Crippen LogP contribution is 2.30. The van der Waals surface area contributed by atoms with Gasteiger partial charge in [-0.3, -0.25) is 4.98 Å². The molecular formula is C24H28N6O. The van der Waals surface area contributed by atoms with E-state index >= 15 is 0 Å². The number of hydrogen-bond donors (Lipinski definition) is 3. The molecule has 0 aliphatic rings. The van der Waals surface area contributed by atoms with Gasteiger partial charge in [-0.2, -0.15) is 0 Å². The van der Waals surface area contributed by atoms with Gasteiger partial charge in [0.05, 0.1) is 12.8 Å². The van der Waals surface area contributed by atoms with Crippen LogP contribution in [0.5, 0.6) is 5.75 Å². The SMILES string of the molecule is CN/C=C(\C=N)c1ccc(C(C)CNc2cc(-c3ccc(C)nc3)ncn2)c(OC)c1. The number of pyridine rings is 1. The van der Waals surface area contributed by atoms with Crippen molar-refractivity contribution in [2.45, 2.75) is 19.8 Å². The minimum atomic E-state index is 0.181. The first-order chi connectivity index (χ1) is 15.0. The van der Waals surface area contributed by atoms with Crippen LogP contribution in [0.4, 0.5) is 5.82 Å². The molecule has 3 aromatic rings. The molecule has 3 N–H and O–H groups in total. The van der Waals surface area contributed by atoms with Crippen molar-refractivity contribution >= 4 is 17.6 Å². The normalized spacial score (nSPS) is 12.2. The van der Waals surface area contributed by atoms with Crippen molar-refractivity contribution in [3.8, 4) is 17.0 Å². The minimum absolute atomic E-state index is 0.181. The summed E-state index contributed by atoms with van der Waals surface area (Å²) in [5.41, 5.74) is 5.56. The van der Waals surface area contributed by atoms with Gasteiger partial charge in [0.1, 0.15) is 17.9 Å². The maximum Gasteiger partial charge on any atom is 0.129 e. The number of allylic oxidation sites excluding steroid dienone is 1. The van der Waals surface area contributed by atoms with Gasteiger partial charge in [-0.25, -0.2) is 9.97 Å². The molecule has 0 radical (unpaired) electrons. The molecule has 0 fully saturated rings. The Morgan fingerprint density at radius 3 is 2.68 bits per heavy atom. The second-order valence-corrected chi connectivity index (χ2v) is 7.25. The number of nitrogens with zero attached hydrogens (tertiary/aromatic N) is 3. The average molecular weight is 417 g/mol. The molecule has 3 rings (SSSR count). The lowest BCUT2D eigenvalue weighted by Crippen LogP contribution is -2.12. The first kappa shape index (κ1) is 22.0. The summed E-state index contributed by atoms with van der Waals surface area (Å²) in [5.74, 6) is 1.74. The molecule has 0 spiro atoms. The number of rotatable bonds is 9. The van der Waals surface area contributed by atoms with Gasteiger partial charge in [-0.05, 0) is 36.2 Å². The molecule has 1 unspecified atom stereocenters. The van der Waals surface area contributed by atoms with E-state index < -0.39 is 0 Å². The van der Waals surface area contributed by atoms with Gasteiger partial charge in [0, 0.05) is 61.0 Å². The van der Waals surface area contributed by atoms with Crippen LogP contribution in [0.15, 0.2) is 55.1 Å². The fourth-order valence-electron chi connectivity index (χ4n) is 3.26. The Labute approximate surface area is 183 Å². The first-order valence-corrected chi connectivity index (χ1v) is 10.1. The van der Waals surface area contributed by atoms with Gasteiger partial charge < -0.3 is 20.8 Å². The summed E-state index contributed by atoms with van der Waals surface area (Å²) in [4.78, 5) is 13.0. The molecule has 2 aromatic heterocycles. The Kier molecular flexibility index (Phi) is 7.32. The van der Waals surface area contributed by atoms with Crippen LogP contribution >= 0.6 is 0 Å². The number of anilines is 1. The van der Waals surface area contributed by atoms with Crippen molar-refractivity contribution in [1.29, 1.82) is 5.41 Å². The molecule has 160 valence electrons. The minimum Gasteiger partial charge on any atom is -0.496 e. The summed E-state index contributed by atoms with van der Waals surface area (Å²) in [6, 6.07) is 11.9. The Morgan fingerprint density at radius 2 is 2.00 bits per heavy atom. The monoisotopic (exact) mass is 416 g/mol. The van der Waals surface area contributed by atoms with E-state index in [9.17, 15) is 0 Å². The molecule has 0 saturated heterocycles. The maximum absolute atomic E-state index is 7.62. The predicted molar refractivity (Wildman–Crippen MR) is 126 cm³/mol. The molecule has 2 heterocycles. The van der Waals surface area contributed by atoms with E-state index in [0.29, 0.717) is 6.54 Å². The third-order valence-corrected chi connectivity index (χ3v) is 5.02. The first-order valence-electron chi connectivity index (χ1n) is 10.1. The van der Waals surface area contributed by atoms with E-state index in [2.05, 4.69) is 38.6 Å². The smallest absolute Gasteiger partial charge is 0.129 e. The van der Waals surface area contributed by atoms with Crippen LogP contribution in [0.3, 0.4) is 0 Å². The summed E-state index contributed by atoms with van der Waals surface area (Å²) in [6.07, 6.45) is 6.50. The van der Waals surface area contributed by atoms with Gasteiger partial charge in [-0.15, -0.1) is 0 Å². The standard InChI is InChI=1S/C24H28N6O/c1-16(21-8-7-18(9-23(21)31-4)20(11-25)13-26-3)12-28-24-10-22(29-15-30-24)19-6-5-17(2)27-14-19/h5-11,13-16,25-26H,12H2,1-4H3,(H,28,29,30)/b20-13+,25-11?. The van der Waals surface area contributed by atoms with Crippen LogP contribution in [-0.2, 0) is 0 Å². The molecule has 7 heteroatoms. The van der Waals surface area contributed by atoms with Gasteiger partial charge in [-0.1, -0.05) is 19.1 Å². The van der Waals surface area contributed by atoms with E-state index in [1.807, 2.05) is 50.5 Å². The quantitative estimate of drug-likeness (QED) is 0.451. The molecular weight excluding hydrogens is 388 g/mol.